The van der Waals surface area contributed by atoms with Gasteiger partial charge in [-0.2, -0.15) is 0 Å². The molecule has 4 aromatic carbocycles. The van der Waals surface area contributed by atoms with Crippen LogP contribution >= 0.6 is 0 Å². The standard InChI is InChI=1S/C43H54N2/c1-31(2)26-29-44-37-24-22-33-17-12-14-19-35(33)40(37)42(5,6)28-16-10-9-11-21-39-43(7,8)41-36-20-15-13-18-34(36)23-25-38(41)45(39)30-27-32(3)4/h9-25,31-32,44H,26-30H2,1-8H3/b11-9+,16-10+,39-21+. The van der Waals surface area contributed by atoms with E-state index < -0.39 is 0 Å². The van der Waals surface area contributed by atoms with Crippen LogP contribution < -0.4 is 10.2 Å². The van der Waals surface area contributed by atoms with Crippen molar-refractivity contribution in [3.05, 3.63) is 120 Å². The summed E-state index contributed by atoms with van der Waals surface area (Å²) in [6.07, 6.45) is 14.7. The van der Waals surface area contributed by atoms with Crippen molar-refractivity contribution in [2.75, 3.05) is 23.3 Å². The van der Waals surface area contributed by atoms with Crippen LogP contribution in [0.15, 0.2) is 109 Å². The molecule has 236 valence electrons. The average molecular weight is 599 g/mol. The maximum absolute atomic E-state index is 3.78. The van der Waals surface area contributed by atoms with Crippen molar-refractivity contribution in [2.24, 2.45) is 11.8 Å². The van der Waals surface area contributed by atoms with E-state index in [1.54, 1.807) is 0 Å². The Kier molecular flexibility index (Phi) is 9.92. The van der Waals surface area contributed by atoms with E-state index in [-0.39, 0.29) is 10.8 Å². The Balaban J connectivity index is 1.38. The second kappa shape index (κ2) is 13.7. The molecule has 0 spiro atoms. The largest absolute Gasteiger partial charge is 0.385 e. The Morgan fingerprint density at radius 3 is 2.11 bits per heavy atom. The molecule has 1 aliphatic heterocycles. The molecule has 2 heteroatoms. The van der Waals surface area contributed by atoms with E-state index in [1.165, 1.54) is 62.6 Å². The molecule has 4 aromatic rings. The second-order valence-corrected chi connectivity index (χ2v) is 14.9. The fourth-order valence-electron chi connectivity index (χ4n) is 7.06. The highest BCUT2D eigenvalue weighted by atomic mass is 15.2. The molecular formula is C43H54N2. The number of hydrogen-bond acceptors (Lipinski definition) is 2. The number of nitrogens with zero attached hydrogens (tertiary/aromatic N) is 1. The molecule has 0 bridgehead atoms. The lowest BCUT2D eigenvalue weighted by molar-refractivity contribution is 0.539. The van der Waals surface area contributed by atoms with Crippen LogP contribution in [0, 0.1) is 11.8 Å². The Morgan fingerprint density at radius 1 is 0.756 bits per heavy atom. The minimum atomic E-state index is -0.0729. The van der Waals surface area contributed by atoms with E-state index in [1.807, 2.05) is 0 Å². The number of anilines is 2. The zero-order valence-electron chi connectivity index (χ0n) is 29.0. The van der Waals surface area contributed by atoms with Crippen molar-refractivity contribution in [3.63, 3.8) is 0 Å². The molecule has 0 saturated carbocycles. The fraction of sp³-hybridized carbons (Fsp3) is 0.395. The molecule has 0 atom stereocenters. The first-order valence-corrected chi connectivity index (χ1v) is 17.1. The lowest BCUT2D eigenvalue weighted by Crippen LogP contribution is -2.27. The average Bonchev–Trinajstić information content (AvgIpc) is 3.22. The molecule has 45 heavy (non-hydrogen) atoms. The first kappa shape index (κ1) is 32.6. The molecule has 0 aliphatic carbocycles. The van der Waals surface area contributed by atoms with Crippen molar-refractivity contribution >= 4 is 32.9 Å². The third-order valence-electron chi connectivity index (χ3n) is 9.57. The minimum Gasteiger partial charge on any atom is -0.385 e. The van der Waals surface area contributed by atoms with Gasteiger partial charge in [-0.05, 0) is 87.4 Å². The summed E-state index contributed by atoms with van der Waals surface area (Å²) in [5.74, 6) is 1.35. The van der Waals surface area contributed by atoms with E-state index in [0.717, 1.165) is 19.5 Å². The summed E-state index contributed by atoms with van der Waals surface area (Å²) < 4.78 is 0. The summed E-state index contributed by atoms with van der Waals surface area (Å²) >= 11 is 0. The topological polar surface area (TPSA) is 15.3 Å². The van der Waals surface area contributed by atoms with Gasteiger partial charge in [0.1, 0.15) is 0 Å². The van der Waals surface area contributed by atoms with Crippen molar-refractivity contribution < 1.29 is 0 Å². The maximum atomic E-state index is 3.78. The molecule has 5 rings (SSSR count). The van der Waals surface area contributed by atoms with Crippen molar-refractivity contribution in [2.45, 2.75) is 85.5 Å². The first-order valence-electron chi connectivity index (χ1n) is 17.1. The maximum Gasteiger partial charge on any atom is 0.0457 e. The predicted octanol–water partition coefficient (Wildman–Crippen LogP) is 12.0. The van der Waals surface area contributed by atoms with Gasteiger partial charge in [0.05, 0.1) is 0 Å². The molecule has 0 unspecified atom stereocenters. The van der Waals surface area contributed by atoms with Gasteiger partial charge in [0.2, 0.25) is 0 Å². The summed E-state index contributed by atoms with van der Waals surface area (Å²) in [5, 5.41) is 9.13. The highest BCUT2D eigenvalue weighted by Crippen LogP contribution is 2.51. The normalized spacial score (nSPS) is 16.0. The Hall–Kier alpha value is -3.78. The van der Waals surface area contributed by atoms with Gasteiger partial charge in [-0.1, -0.05) is 140 Å². The highest BCUT2D eigenvalue weighted by molar-refractivity contribution is 5.95. The fourth-order valence-corrected chi connectivity index (χ4v) is 7.06. The number of nitrogens with one attached hydrogen (secondary N) is 1. The second-order valence-electron chi connectivity index (χ2n) is 14.9. The zero-order valence-corrected chi connectivity index (χ0v) is 29.0. The van der Waals surface area contributed by atoms with E-state index >= 15 is 0 Å². The van der Waals surface area contributed by atoms with Crippen LogP contribution in [0.25, 0.3) is 21.5 Å². The van der Waals surface area contributed by atoms with Gasteiger partial charge in [-0.15, -0.1) is 0 Å². The lowest BCUT2D eigenvalue weighted by Gasteiger charge is -2.29. The van der Waals surface area contributed by atoms with Crippen LogP contribution in [0.3, 0.4) is 0 Å². The molecule has 0 amide bonds. The van der Waals surface area contributed by atoms with Gasteiger partial charge in [0.25, 0.3) is 0 Å². The number of rotatable bonds is 12. The Labute approximate surface area is 272 Å². The van der Waals surface area contributed by atoms with Gasteiger partial charge in [-0.25, -0.2) is 0 Å². The van der Waals surface area contributed by atoms with Crippen LogP contribution in [0.2, 0.25) is 0 Å². The number of fused-ring (bicyclic) bond motifs is 4. The van der Waals surface area contributed by atoms with E-state index in [2.05, 4.69) is 169 Å². The summed E-state index contributed by atoms with van der Waals surface area (Å²) in [4.78, 5) is 2.58. The van der Waals surface area contributed by atoms with Crippen LogP contribution in [-0.2, 0) is 10.8 Å². The minimum absolute atomic E-state index is 0.0202. The smallest absolute Gasteiger partial charge is 0.0457 e. The third-order valence-corrected chi connectivity index (χ3v) is 9.57. The van der Waals surface area contributed by atoms with Gasteiger partial charge in [0, 0.05) is 35.6 Å². The summed E-state index contributed by atoms with van der Waals surface area (Å²) in [6, 6.07) is 26.8. The molecule has 1 heterocycles. The predicted molar refractivity (Wildman–Crippen MR) is 200 cm³/mol. The van der Waals surface area contributed by atoms with Gasteiger partial charge < -0.3 is 10.2 Å². The molecule has 1 N–H and O–H groups in total. The van der Waals surface area contributed by atoms with Crippen molar-refractivity contribution in [3.8, 4) is 0 Å². The van der Waals surface area contributed by atoms with Crippen molar-refractivity contribution in [1.29, 1.82) is 0 Å². The number of hydrogen-bond donors (Lipinski definition) is 1. The van der Waals surface area contributed by atoms with Gasteiger partial charge in [-0.3, -0.25) is 0 Å². The van der Waals surface area contributed by atoms with Crippen LogP contribution in [0.4, 0.5) is 11.4 Å². The first-order chi connectivity index (χ1) is 21.5. The molecule has 2 nitrogen and oxygen atoms in total. The number of benzene rings is 4. The van der Waals surface area contributed by atoms with E-state index in [4.69, 9.17) is 0 Å². The van der Waals surface area contributed by atoms with Crippen LogP contribution in [-0.4, -0.2) is 13.1 Å². The summed E-state index contributed by atoms with van der Waals surface area (Å²) in [7, 11) is 0. The highest BCUT2D eigenvalue weighted by Gasteiger charge is 2.40. The Bertz CT molecular complexity index is 1710. The van der Waals surface area contributed by atoms with Crippen LogP contribution in [0.5, 0.6) is 0 Å². The summed E-state index contributed by atoms with van der Waals surface area (Å²) in [5.41, 5.74) is 6.79. The SMILES string of the molecule is CC(C)CCNc1ccc2ccccc2c1C(C)(C)C/C=C/C=C/C=C1/N(CCC(C)C)c2ccc3ccccc3c2C1(C)C. The van der Waals surface area contributed by atoms with Gasteiger partial charge >= 0.3 is 0 Å². The number of allylic oxidation sites excluding steroid dienone is 6. The molecule has 0 radical (unpaired) electrons. The molecule has 1 aliphatic rings. The monoisotopic (exact) mass is 598 g/mol. The quantitative estimate of drug-likeness (QED) is 0.163. The van der Waals surface area contributed by atoms with Crippen molar-refractivity contribution in [1.82, 2.24) is 0 Å². The lowest BCUT2D eigenvalue weighted by atomic mass is 9.78. The molecule has 0 fully saturated rings. The summed E-state index contributed by atoms with van der Waals surface area (Å²) in [6.45, 7) is 20.8. The molecular weight excluding hydrogens is 544 g/mol. The molecule has 0 aromatic heterocycles. The zero-order chi connectivity index (χ0) is 32.2. The van der Waals surface area contributed by atoms with E-state index in [0.29, 0.717) is 11.8 Å². The van der Waals surface area contributed by atoms with Crippen LogP contribution in [0.1, 0.15) is 85.8 Å². The van der Waals surface area contributed by atoms with Gasteiger partial charge in [0.15, 0.2) is 0 Å². The third kappa shape index (κ3) is 7.06. The molecule has 0 saturated heterocycles. The van der Waals surface area contributed by atoms with E-state index in [9.17, 15) is 0 Å². The Morgan fingerprint density at radius 2 is 1.40 bits per heavy atom.